The number of amides is 2. The predicted molar refractivity (Wildman–Crippen MR) is 78.3 cm³/mol. The van der Waals surface area contributed by atoms with E-state index in [1.807, 2.05) is 34.6 Å². The van der Waals surface area contributed by atoms with Gasteiger partial charge in [0.2, 0.25) is 11.8 Å². The molecule has 1 atom stereocenters. The maximum absolute atomic E-state index is 13.0. The van der Waals surface area contributed by atoms with Crippen molar-refractivity contribution < 1.29 is 14.3 Å². The lowest BCUT2D eigenvalue weighted by molar-refractivity contribution is -0.164. The zero-order chi connectivity index (χ0) is 15.6. The molecule has 0 spiro atoms. The van der Waals surface area contributed by atoms with Crippen molar-refractivity contribution >= 4 is 11.8 Å². The Morgan fingerprint density at radius 2 is 1.80 bits per heavy atom. The molecule has 1 heterocycles. The van der Waals surface area contributed by atoms with Gasteiger partial charge in [0, 0.05) is 7.11 Å². The quantitative estimate of drug-likeness (QED) is 0.808. The van der Waals surface area contributed by atoms with E-state index in [1.54, 1.807) is 12.0 Å². The summed E-state index contributed by atoms with van der Waals surface area (Å²) in [5, 5.41) is 2.95. The number of methoxy groups -OCH3 is 1. The Hall–Kier alpha value is -1.10. The maximum Gasteiger partial charge on any atom is 0.249 e. The summed E-state index contributed by atoms with van der Waals surface area (Å²) in [6.07, 6.45) is 1.81. The van der Waals surface area contributed by atoms with E-state index in [0.29, 0.717) is 25.9 Å². The molecule has 1 rings (SSSR count). The first kappa shape index (κ1) is 17.0. The number of nitrogens with one attached hydrogen (secondary N) is 1. The molecule has 0 bridgehead atoms. The van der Waals surface area contributed by atoms with Crippen LogP contribution in [0.25, 0.3) is 0 Å². The summed E-state index contributed by atoms with van der Waals surface area (Å²) in [4.78, 5) is 27.2. The minimum Gasteiger partial charge on any atom is -0.382 e. The summed E-state index contributed by atoms with van der Waals surface area (Å²) in [6.45, 7) is 10.1. The SMILES string of the molecule is CCC1C(=O)NC(CC)(CC)C(=O)N1C(C)(C)COC. The molecule has 1 fully saturated rings. The van der Waals surface area contributed by atoms with Crippen LogP contribution in [0, 0.1) is 0 Å². The third-order valence-corrected chi connectivity index (χ3v) is 4.35. The van der Waals surface area contributed by atoms with E-state index in [2.05, 4.69) is 5.32 Å². The van der Waals surface area contributed by atoms with Crippen molar-refractivity contribution in [2.45, 2.75) is 71.0 Å². The Bertz CT molecular complexity index is 375. The lowest BCUT2D eigenvalue weighted by Gasteiger charge is -2.51. The van der Waals surface area contributed by atoms with Crippen LogP contribution in [0.5, 0.6) is 0 Å². The average molecular weight is 284 g/mol. The van der Waals surface area contributed by atoms with Crippen molar-refractivity contribution in [3.63, 3.8) is 0 Å². The number of rotatable bonds is 6. The summed E-state index contributed by atoms with van der Waals surface area (Å²) >= 11 is 0. The van der Waals surface area contributed by atoms with Gasteiger partial charge >= 0.3 is 0 Å². The smallest absolute Gasteiger partial charge is 0.249 e. The fourth-order valence-corrected chi connectivity index (χ4v) is 3.08. The maximum atomic E-state index is 13.0. The fraction of sp³-hybridized carbons (Fsp3) is 0.867. The molecule has 2 amide bonds. The van der Waals surface area contributed by atoms with Gasteiger partial charge in [-0.15, -0.1) is 0 Å². The normalized spacial score (nSPS) is 22.9. The standard InChI is InChI=1S/C15H28N2O3/c1-7-11-12(18)16-15(8-2,9-3)13(19)17(11)14(4,5)10-20-6/h11H,7-10H2,1-6H3,(H,16,18). The van der Waals surface area contributed by atoms with Gasteiger partial charge in [-0.2, -0.15) is 0 Å². The molecule has 1 aliphatic heterocycles. The van der Waals surface area contributed by atoms with Crippen molar-refractivity contribution in [2.75, 3.05) is 13.7 Å². The topological polar surface area (TPSA) is 58.6 Å². The monoisotopic (exact) mass is 284 g/mol. The Morgan fingerprint density at radius 3 is 2.20 bits per heavy atom. The third kappa shape index (κ3) is 2.68. The molecule has 1 saturated heterocycles. The van der Waals surface area contributed by atoms with E-state index < -0.39 is 17.1 Å². The van der Waals surface area contributed by atoms with Crippen LogP contribution >= 0.6 is 0 Å². The molecule has 0 aromatic rings. The van der Waals surface area contributed by atoms with Crippen LogP contribution in [0.3, 0.4) is 0 Å². The number of hydrogen-bond acceptors (Lipinski definition) is 3. The lowest BCUT2D eigenvalue weighted by Crippen LogP contribution is -2.74. The summed E-state index contributed by atoms with van der Waals surface area (Å²) in [6, 6.07) is -0.418. The summed E-state index contributed by atoms with van der Waals surface area (Å²) < 4.78 is 5.25. The minimum atomic E-state index is -0.770. The Balaban J connectivity index is 3.26. The summed E-state index contributed by atoms with van der Waals surface area (Å²) in [7, 11) is 1.62. The molecule has 5 heteroatoms. The Morgan fingerprint density at radius 1 is 1.25 bits per heavy atom. The molecule has 5 nitrogen and oxygen atoms in total. The van der Waals surface area contributed by atoms with E-state index in [1.165, 1.54) is 0 Å². The van der Waals surface area contributed by atoms with E-state index in [4.69, 9.17) is 4.74 Å². The third-order valence-electron chi connectivity index (χ3n) is 4.35. The summed E-state index contributed by atoms with van der Waals surface area (Å²) in [5.74, 6) is -0.0454. The first-order valence-electron chi connectivity index (χ1n) is 7.44. The van der Waals surface area contributed by atoms with Gasteiger partial charge in [0.05, 0.1) is 12.1 Å². The number of hydrogen-bond donors (Lipinski definition) is 1. The lowest BCUT2D eigenvalue weighted by atomic mass is 9.83. The molecule has 0 aromatic carbocycles. The van der Waals surface area contributed by atoms with Crippen LogP contribution in [0.1, 0.15) is 53.9 Å². The molecular weight excluding hydrogens is 256 g/mol. The van der Waals surface area contributed by atoms with Crippen molar-refractivity contribution in [3.05, 3.63) is 0 Å². The zero-order valence-electron chi connectivity index (χ0n) is 13.6. The van der Waals surface area contributed by atoms with E-state index in [-0.39, 0.29) is 11.8 Å². The Labute approximate surface area is 122 Å². The van der Waals surface area contributed by atoms with Crippen LogP contribution in [-0.4, -0.2) is 47.6 Å². The zero-order valence-corrected chi connectivity index (χ0v) is 13.6. The molecule has 1 unspecified atom stereocenters. The van der Waals surface area contributed by atoms with Gasteiger partial charge in [-0.1, -0.05) is 20.8 Å². The number of carbonyl (C=O) groups is 2. The second kappa shape index (κ2) is 6.12. The van der Waals surface area contributed by atoms with Gasteiger partial charge in [-0.25, -0.2) is 0 Å². The highest BCUT2D eigenvalue weighted by atomic mass is 16.5. The molecule has 116 valence electrons. The minimum absolute atomic E-state index is 0.0102. The van der Waals surface area contributed by atoms with Gasteiger partial charge in [0.1, 0.15) is 11.6 Å². The van der Waals surface area contributed by atoms with Crippen molar-refractivity contribution in [2.24, 2.45) is 0 Å². The number of carbonyl (C=O) groups excluding carboxylic acids is 2. The fourth-order valence-electron chi connectivity index (χ4n) is 3.08. The molecule has 0 aliphatic carbocycles. The van der Waals surface area contributed by atoms with Crippen molar-refractivity contribution in [1.29, 1.82) is 0 Å². The van der Waals surface area contributed by atoms with Gasteiger partial charge in [0.15, 0.2) is 0 Å². The van der Waals surface area contributed by atoms with E-state index in [0.717, 1.165) is 0 Å². The highest BCUT2D eigenvalue weighted by Crippen LogP contribution is 2.31. The highest BCUT2D eigenvalue weighted by Gasteiger charge is 2.52. The second-order valence-corrected chi connectivity index (χ2v) is 6.12. The van der Waals surface area contributed by atoms with Crippen LogP contribution in [0.2, 0.25) is 0 Å². The number of piperazine rings is 1. The molecule has 0 saturated carbocycles. The van der Waals surface area contributed by atoms with Crippen LogP contribution in [-0.2, 0) is 14.3 Å². The molecule has 0 aromatic heterocycles. The number of ether oxygens (including phenoxy) is 1. The van der Waals surface area contributed by atoms with Gasteiger partial charge in [-0.3, -0.25) is 9.59 Å². The van der Waals surface area contributed by atoms with E-state index >= 15 is 0 Å². The second-order valence-electron chi connectivity index (χ2n) is 6.12. The van der Waals surface area contributed by atoms with Gasteiger partial charge < -0.3 is 15.0 Å². The largest absolute Gasteiger partial charge is 0.382 e. The molecule has 0 radical (unpaired) electrons. The average Bonchev–Trinajstić information content (AvgIpc) is 2.40. The number of nitrogens with zero attached hydrogens (tertiary/aromatic N) is 1. The molecule has 1 aliphatic rings. The van der Waals surface area contributed by atoms with Crippen LogP contribution < -0.4 is 5.32 Å². The first-order chi connectivity index (χ1) is 9.29. The Kier molecular flexibility index (Phi) is 5.19. The summed E-state index contributed by atoms with van der Waals surface area (Å²) in [5.41, 5.74) is -1.27. The van der Waals surface area contributed by atoms with Crippen LogP contribution in [0.15, 0.2) is 0 Å². The van der Waals surface area contributed by atoms with Crippen molar-refractivity contribution in [1.82, 2.24) is 10.2 Å². The highest BCUT2D eigenvalue weighted by molar-refractivity contribution is 6.00. The molecule has 1 N–H and O–H groups in total. The van der Waals surface area contributed by atoms with Gasteiger partial charge in [-0.05, 0) is 33.1 Å². The van der Waals surface area contributed by atoms with E-state index in [9.17, 15) is 9.59 Å². The van der Waals surface area contributed by atoms with Gasteiger partial charge in [0.25, 0.3) is 0 Å². The predicted octanol–water partition coefficient (Wildman–Crippen LogP) is 1.71. The first-order valence-corrected chi connectivity index (χ1v) is 7.44. The molecule has 20 heavy (non-hydrogen) atoms. The van der Waals surface area contributed by atoms with Crippen molar-refractivity contribution in [3.8, 4) is 0 Å². The molecular formula is C15H28N2O3. The van der Waals surface area contributed by atoms with Crippen LogP contribution in [0.4, 0.5) is 0 Å².